The molecule has 1 nitrogen and oxygen atoms in total. The highest BCUT2D eigenvalue weighted by molar-refractivity contribution is 7.99. The average Bonchev–Trinajstić information content (AvgIpc) is 2.32. The minimum absolute atomic E-state index is 0.970. The zero-order valence-electron chi connectivity index (χ0n) is 11.1. The lowest BCUT2D eigenvalue weighted by Crippen LogP contribution is -2.31. The summed E-state index contributed by atoms with van der Waals surface area (Å²) in [4.78, 5) is 0. The molecule has 0 bridgehead atoms. The maximum Gasteiger partial charge on any atom is -0.00179 e. The van der Waals surface area contributed by atoms with Crippen molar-refractivity contribution in [1.29, 1.82) is 0 Å². The second-order valence-electron chi connectivity index (χ2n) is 4.99. The molecule has 0 aromatic rings. The summed E-state index contributed by atoms with van der Waals surface area (Å²) in [5.41, 5.74) is 0. The van der Waals surface area contributed by atoms with Gasteiger partial charge in [0.1, 0.15) is 0 Å². The molecule has 0 aliphatic heterocycles. The normalized spacial score (nSPS) is 25.9. The molecule has 1 N–H and O–H groups in total. The fraction of sp³-hybridized carbons (Fsp3) is 1.00. The van der Waals surface area contributed by atoms with Crippen molar-refractivity contribution in [1.82, 2.24) is 5.32 Å². The van der Waals surface area contributed by atoms with Crippen LogP contribution in [0.4, 0.5) is 0 Å². The molecule has 16 heavy (non-hydrogen) atoms. The number of rotatable bonds is 8. The van der Waals surface area contributed by atoms with Crippen molar-refractivity contribution in [3.63, 3.8) is 0 Å². The molecule has 0 radical (unpaired) electrons. The van der Waals surface area contributed by atoms with E-state index in [-0.39, 0.29) is 0 Å². The third kappa shape index (κ3) is 5.58. The van der Waals surface area contributed by atoms with Crippen molar-refractivity contribution in [2.45, 2.75) is 52.4 Å². The van der Waals surface area contributed by atoms with Gasteiger partial charge >= 0.3 is 0 Å². The topological polar surface area (TPSA) is 12.0 Å². The lowest BCUT2D eigenvalue weighted by atomic mass is 9.78. The first kappa shape index (κ1) is 14.4. The molecule has 0 amide bonds. The summed E-state index contributed by atoms with van der Waals surface area (Å²) >= 11 is 2.11. The molecule has 1 saturated carbocycles. The van der Waals surface area contributed by atoms with E-state index in [2.05, 4.69) is 30.9 Å². The molecular weight excluding hydrogens is 214 g/mol. The Bertz CT molecular complexity index is 143. The summed E-state index contributed by atoms with van der Waals surface area (Å²) < 4.78 is 0. The fourth-order valence-corrected chi connectivity index (χ4v) is 3.53. The number of hydrogen-bond acceptors (Lipinski definition) is 2. The third-order valence-electron chi connectivity index (χ3n) is 3.74. The molecule has 1 aliphatic rings. The number of hydrogen-bond donors (Lipinski definition) is 1. The minimum Gasteiger partial charge on any atom is -0.316 e. The molecule has 0 aromatic heterocycles. The summed E-state index contributed by atoms with van der Waals surface area (Å²) in [6, 6.07) is 0. The summed E-state index contributed by atoms with van der Waals surface area (Å²) in [5.74, 6) is 4.65. The van der Waals surface area contributed by atoms with E-state index in [0.717, 1.165) is 11.8 Å². The van der Waals surface area contributed by atoms with Crippen molar-refractivity contribution in [2.75, 3.05) is 24.6 Å². The molecule has 2 atom stereocenters. The summed E-state index contributed by atoms with van der Waals surface area (Å²) in [7, 11) is 0. The molecule has 1 aliphatic carbocycles. The van der Waals surface area contributed by atoms with Gasteiger partial charge in [0, 0.05) is 0 Å². The van der Waals surface area contributed by atoms with E-state index in [1.54, 1.807) is 0 Å². The average molecular weight is 243 g/mol. The lowest BCUT2D eigenvalue weighted by Gasteiger charge is -2.31. The Morgan fingerprint density at radius 1 is 1.12 bits per heavy atom. The molecular formula is C14H29NS. The van der Waals surface area contributed by atoms with E-state index in [4.69, 9.17) is 0 Å². The third-order valence-corrected chi connectivity index (χ3v) is 4.67. The zero-order valence-corrected chi connectivity index (χ0v) is 12.0. The van der Waals surface area contributed by atoms with Crippen LogP contribution in [0.15, 0.2) is 0 Å². The predicted octanol–water partition coefficient (Wildman–Crippen LogP) is 3.94. The van der Waals surface area contributed by atoms with E-state index < -0.39 is 0 Å². The smallest absolute Gasteiger partial charge is 0.00179 e. The molecule has 2 unspecified atom stereocenters. The highest BCUT2D eigenvalue weighted by atomic mass is 32.2. The van der Waals surface area contributed by atoms with Gasteiger partial charge in [0.25, 0.3) is 0 Å². The van der Waals surface area contributed by atoms with Gasteiger partial charge in [-0.15, -0.1) is 0 Å². The Balaban J connectivity index is 2.20. The van der Waals surface area contributed by atoms with Gasteiger partial charge in [-0.3, -0.25) is 0 Å². The second-order valence-corrected chi connectivity index (χ2v) is 6.39. The molecule has 0 heterocycles. The van der Waals surface area contributed by atoms with Crippen LogP contribution in [-0.2, 0) is 0 Å². The van der Waals surface area contributed by atoms with Crippen LogP contribution >= 0.6 is 11.8 Å². The van der Waals surface area contributed by atoms with Crippen molar-refractivity contribution in [2.24, 2.45) is 11.8 Å². The second kappa shape index (κ2) is 9.35. The van der Waals surface area contributed by atoms with Crippen LogP contribution in [0.1, 0.15) is 52.4 Å². The van der Waals surface area contributed by atoms with Crippen molar-refractivity contribution in [3.8, 4) is 0 Å². The van der Waals surface area contributed by atoms with Crippen LogP contribution in [0, 0.1) is 11.8 Å². The Labute approximate surface area is 106 Å². The number of nitrogens with one attached hydrogen (secondary N) is 1. The molecule has 0 saturated heterocycles. The van der Waals surface area contributed by atoms with Gasteiger partial charge in [-0.25, -0.2) is 0 Å². The van der Waals surface area contributed by atoms with Crippen LogP contribution in [0.3, 0.4) is 0 Å². The summed E-state index contributed by atoms with van der Waals surface area (Å²) in [5, 5.41) is 3.62. The first-order valence-electron chi connectivity index (χ1n) is 7.16. The highest BCUT2D eigenvalue weighted by Gasteiger charge is 2.23. The van der Waals surface area contributed by atoms with Crippen LogP contribution < -0.4 is 5.32 Å². The van der Waals surface area contributed by atoms with Crippen LogP contribution in [-0.4, -0.2) is 24.6 Å². The monoisotopic (exact) mass is 243 g/mol. The summed E-state index contributed by atoms with van der Waals surface area (Å²) in [6.45, 7) is 7.00. The van der Waals surface area contributed by atoms with Gasteiger partial charge in [-0.1, -0.05) is 33.1 Å². The van der Waals surface area contributed by atoms with Gasteiger partial charge in [0.15, 0.2) is 0 Å². The van der Waals surface area contributed by atoms with Gasteiger partial charge < -0.3 is 5.32 Å². The molecule has 96 valence electrons. The predicted molar refractivity (Wildman–Crippen MR) is 76.2 cm³/mol. The maximum absolute atomic E-state index is 3.62. The van der Waals surface area contributed by atoms with Crippen molar-refractivity contribution >= 4 is 11.8 Å². The van der Waals surface area contributed by atoms with E-state index in [0.29, 0.717) is 0 Å². The summed E-state index contributed by atoms with van der Waals surface area (Å²) in [6.07, 6.45) is 8.63. The van der Waals surface area contributed by atoms with Gasteiger partial charge in [0.2, 0.25) is 0 Å². The first-order chi connectivity index (χ1) is 7.88. The van der Waals surface area contributed by atoms with E-state index in [1.165, 1.54) is 63.1 Å². The van der Waals surface area contributed by atoms with Gasteiger partial charge in [0.05, 0.1) is 0 Å². The zero-order chi connectivity index (χ0) is 11.6. The minimum atomic E-state index is 0.970. The Morgan fingerprint density at radius 2 is 1.88 bits per heavy atom. The molecule has 0 aromatic carbocycles. The fourth-order valence-electron chi connectivity index (χ4n) is 2.78. The Kier molecular flexibility index (Phi) is 8.40. The van der Waals surface area contributed by atoms with Crippen molar-refractivity contribution in [3.05, 3.63) is 0 Å². The van der Waals surface area contributed by atoms with Crippen LogP contribution in [0.25, 0.3) is 0 Å². The maximum atomic E-state index is 3.62. The quantitative estimate of drug-likeness (QED) is 0.648. The SMILES string of the molecule is CCCNCC1CCCCC1CCSCC. The largest absolute Gasteiger partial charge is 0.316 e. The highest BCUT2D eigenvalue weighted by Crippen LogP contribution is 2.32. The van der Waals surface area contributed by atoms with Crippen LogP contribution in [0.5, 0.6) is 0 Å². The standard InChI is InChI=1S/C14H29NS/c1-3-10-15-12-14-8-6-5-7-13(14)9-11-16-4-2/h13-15H,3-12H2,1-2H3. The molecule has 2 heteroatoms. The molecule has 1 fully saturated rings. The number of thioether (sulfide) groups is 1. The lowest BCUT2D eigenvalue weighted by molar-refractivity contribution is 0.225. The van der Waals surface area contributed by atoms with Crippen molar-refractivity contribution < 1.29 is 0 Å². The Hall–Kier alpha value is 0.310. The van der Waals surface area contributed by atoms with Gasteiger partial charge in [-0.2, -0.15) is 11.8 Å². The molecule has 1 rings (SSSR count). The van der Waals surface area contributed by atoms with E-state index in [9.17, 15) is 0 Å². The van der Waals surface area contributed by atoms with E-state index >= 15 is 0 Å². The van der Waals surface area contributed by atoms with E-state index in [1.807, 2.05) is 0 Å². The van der Waals surface area contributed by atoms with Gasteiger partial charge in [-0.05, 0) is 55.7 Å². The molecule has 0 spiro atoms. The van der Waals surface area contributed by atoms with Crippen LogP contribution in [0.2, 0.25) is 0 Å². The first-order valence-corrected chi connectivity index (χ1v) is 8.32. The Morgan fingerprint density at radius 3 is 2.56 bits per heavy atom.